The Labute approximate surface area is 127 Å². The van der Waals surface area contributed by atoms with E-state index >= 15 is 0 Å². The monoisotopic (exact) mass is 274 g/mol. The molecule has 0 aromatic heterocycles. The first-order valence-corrected chi connectivity index (χ1v) is 7.49. The summed E-state index contributed by atoms with van der Waals surface area (Å²) in [6.45, 7) is 0. The van der Waals surface area contributed by atoms with Crippen molar-refractivity contribution < 1.29 is 3.79 Å². The van der Waals surface area contributed by atoms with Gasteiger partial charge in [-0.15, -0.1) is 0 Å². The average Bonchev–Trinajstić information content (AvgIpc) is 2.55. The highest BCUT2D eigenvalue weighted by Gasteiger charge is 2.10. The number of benzene rings is 3. The van der Waals surface area contributed by atoms with Gasteiger partial charge in [0, 0.05) is 11.1 Å². The molecule has 0 aliphatic rings. The van der Waals surface area contributed by atoms with E-state index in [-0.39, 0.29) is 0 Å². The van der Waals surface area contributed by atoms with E-state index in [1.54, 1.807) is 0 Å². The van der Waals surface area contributed by atoms with Crippen LogP contribution in [0.15, 0.2) is 78.9 Å². The molecule has 0 saturated heterocycles. The van der Waals surface area contributed by atoms with Crippen LogP contribution in [0.25, 0.3) is 22.3 Å². The van der Waals surface area contributed by atoms with Crippen LogP contribution < -0.4 is 3.79 Å². The Balaban J connectivity index is 2.19. The summed E-state index contributed by atoms with van der Waals surface area (Å²) in [7, 11) is 0. The third kappa shape index (κ3) is 2.49. The van der Waals surface area contributed by atoms with E-state index in [9.17, 15) is 0 Å². The van der Waals surface area contributed by atoms with E-state index in [0.29, 0.717) is 16.6 Å². The molecule has 0 bridgehead atoms. The van der Waals surface area contributed by atoms with Crippen LogP contribution in [0.2, 0.25) is 0 Å². The summed E-state index contributed by atoms with van der Waals surface area (Å²) < 4.78 is 5.82. The molecule has 0 unspecified atom stereocenters. The maximum Gasteiger partial charge on any atom is 0.496 e. The number of rotatable bonds is 3. The van der Waals surface area contributed by atoms with Crippen LogP contribution in [0.4, 0.5) is 0 Å². The van der Waals surface area contributed by atoms with Crippen molar-refractivity contribution in [1.82, 2.24) is 0 Å². The van der Waals surface area contributed by atoms with E-state index in [4.69, 9.17) is 3.79 Å². The Kier molecular flexibility index (Phi) is 3.88. The van der Waals surface area contributed by atoms with Gasteiger partial charge in [0.05, 0.1) is 5.75 Å². The molecular weight excluding hydrogens is 259 g/mol. The maximum absolute atomic E-state index is 5.82. The molecule has 0 amide bonds. The minimum atomic E-state index is 0.676. The van der Waals surface area contributed by atoms with Crippen molar-refractivity contribution in [3.63, 3.8) is 0 Å². The van der Waals surface area contributed by atoms with Crippen molar-refractivity contribution in [3.05, 3.63) is 78.9 Å². The summed E-state index contributed by atoms with van der Waals surface area (Å²) in [5.74, 6) is 0.983. The van der Waals surface area contributed by atoms with Crippen LogP contribution in [-0.4, -0.2) is 16.6 Å². The molecule has 0 radical (unpaired) electrons. The Hall–Kier alpha value is -2.01. The first-order chi connectivity index (χ1) is 9.90. The zero-order valence-corrected chi connectivity index (χ0v) is 13.4. The topological polar surface area (TPSA) is 9.23 Å². The molecule has 0 aliphatic carbocycles. The van der Waals surface area contributed by atoms with Gasteiger partial charge in [-0.05, 0) is 11.1 Å². The summed E-state index contributed by atoms with van der Waals surface area (Å²) in [4.78, 5) is 0. The second kappa shape index (κ2) is 5.96. The van der Waals surface area contributed by atoms with Gasteiger partial charge in [0.15, 0.2) is 0 Å². The van der Waals surface area contributed by atoms with E-state index in [1.807, 2.05) is 12.1 Å². The smallest absolute Gasteiger partial charge is 0.496 e. The van der Waals surface area contributed by atoms with Crippen LogP contribution in [-0.2, 0) is 0 Å². The third-order valence-corrected chi connectivity index (χ3v) is 3.80. The van der Waals surface area contributed by atoms with Crippen molar-refractivity contribution >= 4 is 16.6 Å². The van der Waals surface area contributed by atoms with Crippen molar-refractivity contribution in [2.45, 2.75) is 0 Å². The third-order valence-electron chi connectivity index (χ3n) is 3.39. The van der Waals surface area contributed by atoms with Gasteiger partial charge in [0.25, 0.3) is 0 Å². The fourth-order valence-electron chi connectivity index (χ4n) is 2.45. The number of para-hydroxylation sites is 1. The first kappa shape index (κ1) is 13.0. The number of hydrogen-bond donors (Lipinski definition) is 0. The van der Waals surface area contributed by atoms with Crippen molar-refractivity contribution in [2.75, 3.05) is 0 Å². The molecule has 0 aliphatic heterocycles. The highest BCUT2D eigenvalue weighted by molar-refractivity contribution is 6.02. The highest BCUT2D eigenvalue weighted by atomic mass is 27.1. The van der Waals surface area contributed by atoms with Gasteiger partial charge in [-0.3, -0.25) is 0 Å². The van der Waals surface area contributed by atoms with Crippen LogP contribution >= 0.6 is 0 Å². The first-order valence-electron chi connectivity index (χ1n) is 6.68. The Morgan fingerprint density at radius 2 is 1.00 bits per heavy atom. The molecule has 3 rings (SSSR count). The lowest BCUT2D eigenvalue weighted by Crippen LogP contribution is -1.93. The molecule has 20 heavy (non-hydrogen) atoms. The number of hydrogen-bond acceptors (Lipinski definition) is 1. The zero-order chi connectivity index (χ0) is 13.8. The van der Waals surface area contributed by atoms with Gasteiger partial charge >= 0.3 is 16.6 Å². The van der Waals surface area contributed by atoms with Gasteiger partial charge < -0.3 is 3.79 Å². The Morgan fingerprint density at radius 1 is 0.550 bits per heavy atom. The molecule has 96 valence electrons. The van der Waals surface area contributed by atoms with Crippen molar-refractivity contribution in [3.8, 4) is 28.0 Å². The lowest BCUT2D eigenvalue weighted by atomic mass is 9.97. The maximum atomic E-state index is 5.82. The molecule has 0 saturated carbocycles. The summed E-state index contributed by atoms with van der Waals surface area (Å²) in [5.41, 5.74) is 4.69. The molecule has 2 heteroatoms. The quantitative estimate of drug-likeness (QED) is 0.657. The molecule has 0 fully saturated rings. The summed E-state index contributed by atoms with van der Waals surface area (Å²) in [6, 6.07) is 27.1. The van der Waals surface area contributed by atoms with Gasteiger partial charge in [-0.25, -0.2) is 0 Å². The van der Waals surface area contributed by atoms with Crippen LogP contribution in [0, 0.1) is 0 Å². The minimum absolute atomic E-state index is 0.676. The Bertz CT molecular complexity index is 635. The zero-order valence-electron chi connectivity index (χ0n) is 11.4. The fraction of sp³-hybridized carbons (Fsp3) is 0. The summed E-state index contributed by atoms with van der Waals surface area (Å²) in [5, 5.41) is 0. The van der Waals surface area contributed by atoms with Gasteiger partial charge in [0.1, 0.15) is 0 Å². The Morgan fingerprint density at radius 3 is 1.40 bits per heavy atom. The van der Waals surface area contributed by atoms with E-state index in [2.05, 4.69) is 66.7 Å². The fourth-order valence-corrected chi connectivity index (χ4v) is 2.89. The molecule has 1 nitrogen and oxygen atoms in total. The molecule has 0 heterocycles. The molecule has 3 aromatic carbocycles. The van der Waals surface area contributed by atoms with Crippen LogP contribution in [0.1, 0.15) is 0 Å². The second-order valence-electron chi connectivity index (χ2n) is 4.62. The second-order valence-corrected chi connectivity index (χ2v) is 5.03. The average molecular weight is 274 g/mol. The minimum Gasteiger partial charge on any atom is -0.647 e. The highest BCUT2D eigenvalue weighted by Crippen LogP contribution is 2.38. The normalized spacial score (nSPS) is 10.2. The van der Waals surface area contributed by atoms with E-state index in [1.165, 1.54) is 11.1 Å². The van der Waals surface area contributed by atoms with Gasteiger partial charge in [0.2, 0.25) is 0 Å². The lowest BCUT2D eigenvalue weighted by molar-refractivity contribution is 0.621. The predicted octanol–water partition coefficient (Wildman–Crippen LogP) is 3.95. The summed E-state index contributed by atoms with van der Waals surface area (Å²) >= 11 is 0.676. The van der Waals surface area contributed by atoms with Crippen molar-refractivity contribution in [2.24, 2.45) is 0 Å². The van der Waals surface area contributed by atoms with E-state index < -0.39 is 0 Å². The largest absolute Gasteiger partial charge is 0.647 e. The van der Waals surface area contributed by atoms with Gasteiger partial charge in [-0.2, -0.15) is 0 Å². The van der Waals surface area contributed by atoms with E-state index in [0.717, 1.165) is 16.9 Å². The standard InChI is InChI=1S/C18H14O.Al.2H/c19-18-16(14-8-3-1-4-9-14)12-7-13-17(18)15-10-5-2-6-11-15;;;/h1-13,19H;;;/q;+1;;/p-1. The molecule has 0 spiro atoms. The van der Waals surface area contributed by atoms with Gasteiger partial charge in [-0.1, -0.05) is 78.9 Å². The van der Waals surface area contributed by atoms with Crippen molar-refractivity contribution in [1.29, 1.82) is 0 Å². The van der Waals surface area contributed by atoms with Crippen LogP contribution in [0.3, 0.4) is 0 Å². The van der Waals surface area contributed by atoms with Crippen LogP contribution in [0.5, 0.6) is 5.75 Å². The lowest BCUT2D eigenvalue weighted by Gasteiger charge is -2.16. The molecule has 0 N–H and O–H groups in total. The predicted molar refractivity (Wildman–Crippen MR) is 86.5 cm³/mol. The molecule has 3 aromatic rings. The molecular formula is C18H15AlO. The molecule has 0 atom stereocenters. The summed E-state index contributed by atoms with van der Waals surface area (Å²) in [6.07, 6.45) is 0. The SMILES string of the molecule is [AlH2][O]c1c(-c2ccccc2)cccc1-c1ccccc1.